The lowest BCUT2D eigenvalue weighted by molar-refractivity contribution is -0.379. The van der Waals surface area contributed by atoms with Crippen LogP contribution in [0.3, 0.4) is 0 Å². The van der Waals surface area contributed by atoms with E-state index in [-0.39, 0.29) is 26.8 Å². The van der Waals surface area contributed by atoms with Crippen LogP contribution in [0.2, 0.25) is 90.7 Å². The Morgan fingerprint density at radius 3 is 1.17 bits per heavy atom. The molecule has 93 heavy (non-hydrogen) atoms. The van der Waals surface area contributed by atoms with E-state index in [9.17, 15) is 34.2 Å². The number of carbonyl (C=O) groups excluding carboxylic acids is 5. The van der Waals surface area contributed by atoms with E-state index in [1.54, 1.807) is 0 Å². The molecule has 0 radical (unpaired) electrons. The fourth-order valence-electron chi connectivity index (χ4n) is 10.0. The first-order chi connectivity index (χ1) is 41.8. The Balaban J connectivity index is 2.17. The number of ether oxygens (including phenoxy) is 11. The van der Waals surface area contributed by atoms with Gasteiger partial charge in [-0.2, -0.15) is 0 Å². The molecule has 24 nitrogen and oxygen atoms in total. The molecule has 0 bridgehead atoms. The summed E-state index contributed by atoms with van der Waals surface area (Å²) in [7, 11) is -14.0. The summed E-state index contributed by atoms with van der Waals surface area (Å²) in [4.78, 5) is 65.4. The first-order valence-corrected chi connectivity index (χ1v) is 47.5. The van der Waals surface area contributed by atoms with Crippen LogP contribution in [0.15, 0.2) is 0 Å². The number of nitrogens with one attached hydrogen (secondary N) is 1. The molecule has 29 heteroatoms. The predicted octanol–water partition coefficient (Wildman–Crippen LogP) is 9.88. The SMILES string of the molecule is CC(=O)N[C@@H]1[C@@H](O[C@@H]2O[C@@H](C)[C@@H](O[Si](C)(C)C(C)(C)C)[C@@H](O[C@@H]3O[C@@H](C)[C@@H](O[Si](C)(C)C(C)(C)C)[C@@H](O)[C@@H]3O[Si](C)(C)C(C)(C)C)[C@@H]2O[Si](C)(C)C(C)(C)C)[C@H](O[C@@H]2O[C@H](COC(C)=O)[C@H](OC(C)=O)[C@H](OC(C)=O)[C@H]2OC(C)=O)[C@@H](CO[Si](C)(C)C(C)(C)C)O[C@H]1O. The van der Waals surface area contributed by atoms with Gasteiger partial charge in [0, 0.05) is 34.6 Å². The minimum Gasteiger partial charge on any atom is -0.463 e. The third-order valence-corrected chi connectivity index (χ3v) is 43.1. The molecule has 4 aliphatic heterocycles. The van der Waals surface area contributed by atoms with Gasteiger partial charge in [0.15, 0.2) is 85.1 Å². The molecule has 0 aliphatic carbocycles. The molecule has 542 valence electrons. The highest BCUT2D eigenvalue weighted by molar-refractivity contribution is 6.75. The second-order valence-electron chi connectivity index (χ2n) is 33.5. The number of aliphatic hydroxyl groups is 2. The lowest BCUT2D eigenvalue weighted by atomic mass is 9.94. The first kappa shape index (κ1) is 83.3. The quantitative estimate of drug-likeness (QED) is 0.0487. The summed E-state index contributed by atoms with van der Waals surface area (Å²) in [5.41, 5.74) is 0. The summed E-state index contributed by atoms with van der Waals surface area (Å²) in [5, 5.41) is 26.6. The average Bonchev–Trinajstić information content (AvgIpc) is 0.757. The van der Waals surface area contributed by atoms with Crippen molar-refractivity contribution in [2.75, 3.05) is 13.2 Å². The highest BCUT2D eigenvalue weighted by atomic mass is 28.4. The molecular formula is C64H123NO23Si5. The first-order valence-electron chi connectivity index (χ1n) is 33.0. The summed E-state index contributed by atoms with van der Waals surface area (Å²) in [6.07, 6.45) is -25.5. The number of hydrogen-bond acceptors (Lipinski definition) is 23. The van der Waals surface area contributed by atoms with Gasteiger partial charge in [0.05, 0.1) is 24.9 Å². The molecule has 0 unspecified atom stereocenters. The lowest BCUT2D eigenvalue weighted by Crippen LogP contribution is -2.71. The fraction of sp³-hybridized carbons (Fsp3) is 0.922. The molecular weight excluding hydrogens is 1290 g/mol. The number of aliphatic hydroxyl groups excluding tert-OH is 2. The lowest BCUT2D eigenvalue weighted by Gasteiger charge is -2.55. The molecule has 0 saturated carbocycles. The second kappa shape index (κ2) is 30.8. The topological polar surface area (TPSA) is 286 Å². The molecule has 20 atom stereocenters. The molecule has 3 N–H and O–H groups in total. The Morgan fingerprint density at radius 2 is 0.742 bits per heavy atom. The third kappa shape index (κ3) is 21.0. The maximum absolute atomic E-state index is 13.7. The van der Waals surface area contributed by atoms with E-state index in [0.29, 0.717) is 0 Å². The van der Waals surface area contributed by atoms with Gasteiger partial charge in [0.2, 0.25) is 5.91 Å². The molecule has 0 aromatic rings. The van der Waals surface area contributed by atoms with Crippen molar-refractivity contribution in [3.63, 3.8) is 0 Å². The van der Waals surface area contributed by atoms with Crippen LogP contribution in [0.1, 0.15) is 152 Å². The van der Waals surface area contributed by atoms with Crippen molar-refractivity contribution in [2.45, 2.75) is 366 Å². The number of rotatable bonds is 23. The minimum atomic E-state index is -3.07. The largest absolute Gasteiger partial charge is 0.463 e. The van der Waals surface area contributed by atoms with Gasteiger partial charge in [-0.05, 0) is 105 Å². The van der Waals surface area contributed by atoms with E-state index in [0.717, 1.165) is 27.7 Å². The summed E-state index contributed by atoms with van der Waals surface area (Å²) < 4.78 is 109. The van der Waals surface area contributed by atoms with E-state index < -0.39 is 206 Å². The Hall–Kier alpha value is -2.13. The van der Waals surface area contributed by atoms with Crippen molar-refractivity contribution in [3.05, 3.63) is 0 Å². The standard InChI is InChI=1S/C64H123NO23Si5/c1-35-46(85-90(25,26)61(11,12)13)45(71)51(87-92(29,30)63(17,18)19)57(75-35)84-52-47(86-91(27,28)62(14,15)16)36(2)76-59(55(52)88-93(31,32)64(20,21)22)83-50-44(65-37(3)66)56(72)80-43(34-74-89(23,24)60(8,9)10)48(50)82-58-54(79-41(7)70)53(78-40(6)69)49(77-39(5)68)42(81-58)33-73-38(4)67/h35-36,42-59,71-72H,33-34H2,1-32H3,(H,65,66)/t35-,36-,42+,43+,44+,45+,46+,47+,48+,49-,50+,51-,52+,53-,54+,55-,56+,57-,58-,59-/m0/s1. The molecule has 4 fully saturated rings. The van der Waals surface area contributed by atoms with Gasteiger partial charge < -0.3 is 89.8 Å². The molecule has 4 heterocycles. The van der Waals surface area contributed by atoms with Crippen LogP contribution >= 0.6 is 0 Å². The Labute approximate surface area is 561 Å². The van der Waals surface area contributed by atoms with Crippen molar-refractivity contribution in [1.82, 2.24) is 5.32 Å². The zero-order chi connectivity index (χ0) is 71.9. The van der Waals surface area contributed by atoms with E-state index >= 15 is 0 Å². The maximum Gasteiger partial charge on any atom is 0.303 e. The van der Waals surface area contributed by atoms with Crippen molar-refractivity contribution < 1.29 is 108 Å². The Kier molecular flexibility index (Phi) is 27.6. The summed E-state index contributed by atoms with van der Waals surface area (Å²) in [5.74, 6) is -3.95. The minimum absolute atomic E-state index is 0.228. The van der Waals surface area contributed by atoms with Crippen LogP contribution in [0, 0.1) is 0 Å². The van der Waals surface area contributed by atoms with Gasteiger partial charge in [-0.1, -0.05) is 104 Å². The van der Waals surface area contributed by atoms with Gasteiger partial charge in [-0.25, -0.2) is 0 Å². The van der Waals surface area contributed by atoms with Crippen LogP contribution in [0.4, 0.5) is 0 Å². The average molecular weight is 1420 g/mol. The van der Waals surface area contributed by atoms with Crippen LogP contribution < -0.4 is 5.32 Å². The van der Waals surface area contributed by atoms with Crippen molar-refractivity contribution in [1.29, 1.82) is 0 Å². The number of hydrogen-bond donors (Lipinski definition) is 3. The number of carbonyl (C=O) groups is 5. The highest BCUT2D eigenvalue weighted by Crippen LogP contribution is 2.48. The summed E-state index contributed by atoms with van der Waals surface area (Å²) in [6, 6.07) is -1.51. The summed E-state index contributed by atoms with van der Waals surface area (Å²) >= 11 is 0. The maximum atomic E-state index is 13.7. The zero-order valence-corrected chi connectivity index (χ0v) is 67.4. The zero-order valence-electron chi connectivity index (χ0n) is 62.4. The third-order valence-electron chi connectivity index (χ3n) is 20.7. The normalized spacial score (nSPS) is 33.3. The second-order valence-corrected chi connectivity index (χ2v) is 57.3. The van der Waals surface area contributed by atoms with E-state index in [1.807, 2.05) is 47.7 Å². The van der Waals surface area contributed by atoms with Crippen molar-refractivity contribution >= 4 is 71.4 Å². The van der Waals surface area contributed by atoms with Gasteiger partial charge >= 0.3 is 23.9 Å². The van der Waals surface area contributed by atoms with Crippen molar-refractivity contribution in [2.24, 2.45) is 0 Å². The fourth-order valence-corrected chi connectivity index (χ4v) is 16.3. The Morgan fingerprint density at radius 1 is 0.387 bits per heavy atom. The molecule has 4 aliphatic rings. The van der Waals surface area contributed by atoms with E-state index in [1.165, 1.54) is 6.92 Å². The van der Waals surface area contributed by atoms with Crippen LogP contribution in [0.5, 0.6) is 0 Å². The predicted molar refractivity (Wildman–Crippen MR) is 361 cm³/mol. The van der Waals surface area contributed by atoms with Crippen LogP contribution in [0.25, 0.3) is 0 Å². The molecule has 4 saturated heterocycles. The van der Waals surface area contributed by atoms with Crippen LogP contribution in [-0.2, 0) is 98.2 Å². The van der Waals surface area contributed by atoms with E-state index in [2.05, 4.69) is 141 Å². The summed E-state index contributed by atoms with van der Waals surface area (Å²) in [6.45, 7) is 61.1. The van der Waals surface area contributed by atoms with Gasteiger partial charge in [-0.15, -0.1) is 0 Å². The molecule has 0 spiro atoms. The van der Waals surface area contributed by atoms with Gasteiger partial charge in [0.25, 0.3) is 0 Å². The molecule has 1 amide bonds. The van der Waals surface area contributed by atoms with E-state index in [4.69, 9.17) is 74.2 Å². The van der Waals surface area contributed by atoms with Gasteiger partial charge in [0.1, 0.15) is 67.6 Å². The van der Waals surface area contributed by atoms with Crippen molar-refractivity contribution in [3.8, 4) is 0 Å². The van der Waals surface area contributed by atoms with Crippen LogP contribution in [-0.4, -0.2) is 218 Å². The Bertz CT molecular complexity index is 2520. The molecule has 0 aromatic carbocycles. The smallest absolute Gasteiger partial charge is 0.303 e. The molecule has 4 rings (SSSR count). The molecule has 0 aromatic heterocycles. The monoisotopic (exact) mass is 1410 g/mol. The van der Waals surface area contributed by atoms with Gasteiger partial charge in [-0.3, -0.25) is 24.0 Å². The number of esters is 4. The highest BCUT2D eigenvalue weighted by Gasteiger charge is 2.62. The number of amides is 1.